The minimum Gasteiger partial charge on any atom is -0.480 e. The molecule has 0 aromatic carbocycles. The lowest BCUT2D eigenvalue weighted by atomic mass is 9.82. The highest BCUT2D eigenvalue weighted by atomic mass is 16.5. The minimum atomic E-state index is -1.04. The molecule has 8 nitrogen and oxygen atoms in total. The van der Waals surface area contributed by atoms with Gasteiger partial charge in [-0.05, 0) is 32.1 Å². The molecular formula is C18H30N2O6. The lowest BCUT2D eigenvalue weighted by molar-refractivity contribution is -0.165. The van der Waals surface area contributed by atoms with Crippen LogP contribution in [0, 0.1) is 10.8 Å². The summed E-state index contributed by atoms with van der Waals surface area (Å²) < 4.78 is 10.3. The highest BCUT2D eigenvalue weighted by molar-refractivity contribution is 5.88. The zero-order valence-corrected chi connectivity index (χ0v) is 15.6. The van der Waals surface area contributed by atoms with Crippen LogP contribution in [0.25, 0.3) is 0 Å². The Labute approximate surface area is 154 Å². The number of carboxylic acid groups (broad SMARTS) is 1. The normalized spacial score (nSPS) is 21.0. The first kappa shape index (κ1) is 20.6. The third-order valence-electron chi connectivity index (χ3n) is 5.64. The van der Waals surface area contributed by atoms with Crippen LogP contribution >= 0.6 is 0 Å². The molecule has 0 aromatic heterocycles. The molecule has 2 rings (SSSR count). The maximum atomic E-state index is 12.3. The van der Waals surface area contributed by atoms with E-state index >= 15 is 0 Å². The van der Waals surface area contributed by atoms with Crippen molar-refractivity contribution in [1.82, 2.24) is 10.6 Å². The fourth-order valence-corrected chi connectivity index (χ4v) is 3.12. The van der Waals surface area contributed by atoms with E-state index in [0.717, 1.165) is 6.42 Å². The molecule has 8 heteroatoms. The van der Waals surface area contributed by atoms with Crippen LogP contribution in [0.3, 0.4) is 0 Å². The molecule has 2 amide bonds. The molecule has 2 aliphatic heterocycles. The lowest BCUT2D eigenvalue weighted by Gasteiger charge is -2.39. The molecule has 0 spiro atoms. The Morgan fingerprint density at radius 2 is 1.50 bits per heavy atom. The second-order valence-electron chi connectivity index (χ2n) is 7.37. The van der Waals surface area contributed by atoms with Gasteiger partial charge in [-0.25, -0.2) is 4.79 Å². The van der Waals surface area contributed by atoms with Gasteiger partial charge in [-0.2, -0.15) is 0 Å². The van der Waals surface area contributed by atoms with Crippen molar-refractivity contribution in [2.24, 2.45) is 10.8 Å². The van der Waals surface area contributed by atoms with Gasteiger partial charge in [-0.1, -0.05) is 13.8 Å². The molecule has 0 saturated carbocycles. The number of rotatable bonds is 11. The summed E-state index contributed by atoms with van der Waals surface area (Å²) >= 11 is 0. The Bertz CT molecular complexity index is 517. The Hall–Kier alpha value is -1.67. The third kappa shape index (κ3) is 4.35. The molecule has 2 heterocycles. The lowest BCUT2D eigenvalue weighted by Crippen LogP contribution is -2.56. The second kappa shape index (κ2) is 8.81. The minimum absolute atomic E-state index is 0.00390. The quantitative estimate of drug-likeness (QED) is 0.461. The standard InChI is InChI=1S/C18H30N2O6/c1-3-17(9-25-10-17)15(23)19-8-6-5-7-13(14(21)22)20-16(24)18(4-2)11-26-12-18/h13H,3-12H2,1-2H3,(H,19,23)(H,20,24)(H,21,22)/t13-/m0/s1. The number of unbranched alkanes of at least 4 members (excludes halogenated alkanes) is 1. The highest BCUT2D eigenvalue weighted by Crippen LogP contribution is 2.32. The van der Waals surface area contributed by atoms with Crippen LogP contribution in [-0.2, 0) is 23.9 Å². The fourth-order valence-electron chi connectivity index (χ4n) is 3.12. The van der Waals surface area contributed by atoms with Gasteiger partial charge in [0.05, 0.1) is 37.3 Å². The number of carboxylic acids is 1. The Morgan fingerprint density at radius 3 is 1.92 bits per heavy atom. The first-order chi connectivity index (χ1) is 12.4. The van der Waals surface area contributed by atoms with E-state index in [2.05, 4.69) is 10.6 Å². The predicted molar refractivity (Wildman–Crippen MR) is 93.5 cm³/mol. The average molecular weight is 370 g/mol. The molecule has 148 valence electrons. The van der Waals surface area contributed by atoms with Gasteiger partial charge in [0.1, 0.15) is 6.04 Å². The Balaban J connectivity index is 1.69. The SMILES string of the molecule is CCC1(C(=O)NCCCC[C@H](NC(=O)C2(CC)COC2)C(=O)O)COC1. The van der Waals surface area contributed by atoms with Crippen LogP contribution in [0.5, 0.6) is 0 Å². The molecule has 2 saturated heterocycles. The summed E-state index contributed by atoms with van der Waals surface area (Å²) in [4.78, 5) is 35.9. The van der Waals surface area contributed by atoms with Crippen LogP contribution in [0.4, 0.5) is 0 Å². The summed E-state index contributed by atoms with van der Waals surface area (Å²) in [7, 11) is 0. The molecule has 2 fully saturated rings. The van der Waals surface area contributed by atoms with E-state index in [1.807, 2.05) is 13.8 Å². The average Bonchev–Trinajstić information content (AvgIpc) is 2.52. The molecule has 0 bridgehead atoms. The van der Waals surface area contributed by atoms with E-state index in [4.69, 9.17) is 9.47 Å². The summed E-state index contributed by atoms with van der Waals surface area (Å²) in [5, 5.41) is 14.9. The van der Waals surface area contributed by atoms with Gasteiger partial charge in [-0.15, -0.1) is 0 Å². The van der Waals surface area contributed by atoms with Gasteiger partial charge >= 0.3 is 5.97 Å². The van der Waals surface area contributed by atoms with Crippen LogP contribution < -0.4 is 10.6 Å². The molecule has 0 radical (unpaired) electrons. The van der Waals surface area contributed by atoms with Gasteiger partial charge < -0.3 is 25.2 Å². The summed E-state index contributed by atoms with van der Waals surface area (Å²) in [6, 6.07) is -0.913. The van der Waals surface area contributed by atoms with Crippen molar-refractivity contribution in [3.8, 4) is 0 Å². The number of amides is 2. The van der Waals surface area contributed by atoms with Crippen molar-refractivity contribution in [2.75, 3.05) is 33.0 Å². The predicted octanol–water partition coefficient (Wildman–Crippen LogP) is 0.696. The third-order valence-corrected chi connectivity index (χ3v) is 5.64. The molecule has 26 heavy (non-hydrogen) atoms. The molecule has 3 N–H and O–H groups in total. The number of hydrogen-bond donors (Lipinski definition) is 3. The topological polar surface area (TPSA) is 114 Å². The number of aliphatic carboxylic acids is 1. The van der Waals surface area contributed by atoms with Crippen LogP contribution in [-0.4, -0.2) is 61.9 Å². The molecule has 0 aromatic rings. The zero-order valence-electron chi connectivity index (χ0n) is 15.6. The first-order valence-corrected chi connectivity index (χ1v) is 9.37. The molecule has 0 aliphatic carbocycles. The van der Waals surface area contributed by atoms with E-state index in [9.17, 15) is 19.5 Å². The highest BCUT2D eigenvalue weighted by Gasteiger charge is 2.45. The van der Waals surface area contributed by atoms with Crippen molar-refractivity contribution in [3.05, 3.63) is 0 Å². The number of carbonyl (C=O) groups is 3. The monoisotopic (exact) mass is 370 g/mol. The van der Waals surface area contributed by atoms with Crippen LogP contribution in [0.15, 0.2) is 0 Å². The smallest absolute Gasteiger partial charge is 0.326 e. The van der Waals surface area contributed by atoms with Crippen molar-refractivity contribution in [2.45, 2.75) is 52.0 Å². The maximum absolute atomic E-state index is 12.3. The van der Waals surface area contributed by atoms with E-state index in [-0.39, 0.29) is 11.8 Å². The Morgan fingerprint density at radius 1 is 0.962 bits per heavy atom. The summed E-state index contributed by atoms with van der Waals surface area (Å²) in [5.74, 6) is -1.28. The van der Waals surface area contributed by atoms with Crippen molar-refractivity contribution in [1.29, 1.82) is 0 Å². The fraction of sp³-hybridized carbons (Fsp3) is 0.833. The first-order valence-electron chi connectivity index (χ1n) is 9.37. The summed E-state index contributed by atoms with van der Waals surface area (Å²) in [5.41, 5.74) is -0.974. The number of nitrogens with one attached hydrogen (secondary N) is 2. The number of carbonyl (C=O) groups excluding carboxylic acids is 2. The largest absolute Gasteiger partial charge is 0.480 e. The van der Waals surface area contributed by atoms with Crippen molar-refractivity contribution in [3.63, 3.8) is 0 Å². The van der Waals surface area contributed by atoms with Gasteiger partial charge in [0, 0.05) is 6.54 Å². The van der Waals surface area contributed by atoms with Gasteiger partial charge in [0.25, 0.3) is 0 Å². The Kier molecular flexibility index (Phi) is 7.00. The van der Waals surface area contributed by atoms with E-state index in [1.165, 1.54) is 0 Å². The molecule has 0 unspecified atom stereocenters. The maximum Gasteiger partial charge on any atom is 0.326 e. The van der Waals surface area contributed by atoms with Crippen molar-refractivity contribution < 1.29 is 29.0 Å². The number of hydrogen-bond acceptors (Lipinski definition) is 5. The summed E-state index contributed by atoms with van der Waals surface area (Å²) in [6.07, 6.45) is 2.96. The molecule has 1 atom stereocenters. The van der Waals surface area contributed by atoms with E-state index in [0.29, 0.717) is 58.7 Å². The van der Waals surface area contributed by atoms with Crippen LogP contribution in [0.1, 0.15) is 46.0 Å². The number of ether oxygens (including phenoxy) is 2. The van der Waals surface area contributed by atoms with Gasteiger partial charge in [0.15, 0.2) is 0 Å². The second-order valence-corrected chi connectivity index (χ2v) is 7.37. The van der Waals surface area contributed by atoms with Crippen LogP contribution in [0.2, 0.25) is 0 Å². The van der Waals surface area contributed by atoms with Crippen molar-refractivity contribution >= 4 is 17.8 Å². The van der Waals surface area contributed by atoms with Gasteiger partial charge in [-0.3, -0.25) is 9.59 Å². The van der Waals surface area contributed by atoms with Gasteiger partial charge in [0.2, 0.25) is 11.8 Å². The zero-order chi connectivity index (χ0) is 19.2. The van der Waals surface area contributed by atoms with E-state index in [1.54, 1.807) is 0 Å². The van der Waals surface area contributed by atoms with E-state index < -0.39 is 22.8 Å². The summed E-state index contributed by atoms with van der Waals surface area (Å²) in [6.45, 7) is 5.98. The molecular weight excluding hydrogens is 340 g/mol. The molecule has 2 aliphatic rings.